The van der Waals surface area contributed by atoms with Crippen LogP contribution in [0.4, 0.5) is 0 Å². The smallest absolute Gasteiger partial charge is 0.133 e. The first-order valence-corrected chi connectivity index (χ1v) is 5.36. The Labute approximate surface area is 89.2 Å². The van der Waals surface area contributed by atoms with Crippen molar-refractivity contribution in [1.29, 1.82) is 10.7 Å². The number of hydrogen-bond donors (Lipinski definition) is 1. The molecule has 0 aliphatic carbocycles. The number of rotatable bonds is 2. The summed E-state index contributed by atoms with van der Waals surface area (Å²) >= 11 is 0. The van der Waals surface area contributed by atoms with Gasteiger partial charge in [0.15, 0.2) is 0 Å². The van der Waals surface area contributed by atoms with E-state index in [1.807, 2.05) is 6.21 Å². The van der Waals surface area contributed by atoms with Gasteiger partial charge in [-0.3, -0.25) is 5.41 Å². The highest BCUT2D eigenvalue weighted by Gasteiger charge is 2.27. The van der Waals surface area contributed by atoms with Crippen LogP contribution in [0.3, 0.4) is 0 Å². The molecule has 2 unspecified atom stereocenters. The Kier molecular flexibility index (Phi) is 2.91. The zero-order chi connectivity index (χ0) is 10.7. The Morgan fingerprint density at radius 1 is 1.60 bits per heavy atom. The van der Waals surface area contributed by atoms with Gasteiger partial charge in [-0.2, -0.15) is 5.26 Å². The van der Waals surface area contributed by atoms with E-state index >= 15 is 0 Å². The molecule has 2 rings (SSSR count). The number of nitrogens with zero attached hydrogens (tertiary/aromatic N) is 3. The highest BCUT2D eigenvalue weighted by Crippen LogP contribution is 2.28. The maximum absolute atomic E-state index is 8.52. The Bertz CT molecular complexity index is 361. The number of nitriles is 1. The van der Waals surface area contributed by atoms with Crippen molar-refractivity contribution in [2.75, 3.05) is 0 Å². The van der Waals surface area contributed by atoms with Gasteiger partial charge in [0.05, 0.1) is 6.07 Å². The third kappa shape index (κ3) is 2.30. The summed E-state index contributed by atoms with van der Waals surface area (Å²) in [7, 11) is 0. The van der Waals surface area contributed by atoms with Crippen LogP contribution in [-0.4, -0.2) is 17.9 Å². The summed E-state index contributed by atoms with van der Waals surface area (Å²) in [5.41, 5.74) is 0. The van der Waals surface area contributed by atoms with Gasteiger partial charge in [0.1, 0.15) is 11.7 Å². The van der Waals surface area contributed by atoms with Crippen LogP contribution in [0.2, 0.25) is 0 Å². The molecule has 4 nitrogen and oxygen atoms in total. The molecule has 2 aliphatic rings. The molecule has 78 valence electrons. The first-order valence-electron chi connectivity index (χ1n) is 5.36. The quantitative estimate of drug-likeness (QED) is 0.732. The van der Waals surface area contributed by atoms with E-state index in [4.69, 9.17) is 10.7 Å². The minimum absolute atomic E-state index is 0.424. The van der Waals surface area contributed by atoms with Gasteiger partial charge in [0.25, 0.3) is 0 Å². The molecular weight excluding hydrogens is 188 g/mol. The first-order chi connectivity index (χ1) is 7.29. The van der Waals surface area contributed by atoms with Gasteiger partial charge in [-0.1, -0.05) is 0 Å². The van der Waals surface area contributed by atoms with E-state index in [1.165, 1.54) is 0 Å². The molecule has 0 radical (unpaired) electrons. The fourth-order valence-electron chi connectivity index (χ4n) is 2.13. The second-order valence-electron chi connectivity index (χ2n) is 4.12. The molecule has 0 aromatic heterocycles. The van der Waals surface area contributed by atoms with Gasteiger partial charge in [-0.15, -0.1) is 0 Å². The average Bonchev–Trinajstić information content (AvgIpc) is 2.26. The summed E-state index contributed by atoms with van der Waals surface area (Å²) in [6.45, 7) is 0. The van der Waals surface area contributed by atoms with Gasteiger partial charge in [0.2, 0.25) is 0 Å². The molecule has 0 spiro atoms. The molecule has 0 saturated carbocycles. The Hall–Kier alpha value is -1.50. The Morgan fingerprint density at radius 2 is 2.47 bits per heavy atom. The summed E-state index contributed by atoms with van der Waals surface area (Å²) in [5, 5.41) is 16.0. The second-order valence-corrected chi connectivity index (χ2v) is 4.12. The number of aliphatic imine (C=N–C) groups is 2. The highest BCUT2D eigenvalue weighted by molar-refractivity contribution is 6.03. The average molecular weight is 202 g/mol. The molecule has 0 aromatic rings. The van der Waals surface area contributed by atoms with Crippen molar-refractivity contribution in [1.82, 2.24) is 0 Å². The van der Waals surface area contributed by atoms with Gasteiger partial charge >= 0.3 is 0 Å². The zero-order valence-electron chi connectivity index (χ0n) is 8.61. The molecule has 0 bridgehead atoms. The Balaban J connectivity index is 2.04. The largest absolute Gasteiger partial charge is 0.287 e. The summed E-state index contributed by atoms with van der Waals surface area (Å²) in [6.07, 6.45) is 6.24. The van der Waals surface area contributed by atoms with Gasteiger partial charge in [-0.25, -0.2) is 9.98 Å². The van der Waals surface area contributed by atoms with Crippen LogP contribution >= 0.6 is 0 Å². The van der Waals surface area contributed by atoms with Gasteiger partial charge < -0.3 is 0 Å². The lowest BCUT2D eigenvalue weighted by molar-refractivity contribution is 0.473. The molecule has 0 fully saturated rings. The van der Waals surface area contributed by atoms with E-state index in [9.17, 15) is 0 Å². The lowest BCUT2D eigenvalue weighted by Gasteiger charge is -2.27. The van der Waals surface area contributed by atoms with E-state index in [1.54, 1.807) is 0 Å². The molecule has 1 N–H and O–H groups in total. The second kappa shape index (κ2) is 4.35. The maximum Gasteiger partial charge on any atom is 0.133 e. The van der Waals surface area contributed by atoms with E-state index in [0.717, 1.165) is 31.5 Å². The third-order valence-corrected chi connectivity index (χ3v) is 2.98. The predicted octanol–water partition coefficient (Wildman–Crippen LogP) is 2.17. The van der Waals surface area contributed by atoms with Gasteiger partial charge in [-0.05, 0) is 25.2 Å². The molecule has 15 heavy (non-hydrogen) atoms. The van der Waals surface area contributed by atoms with Crippen LogP contribution < -0.4 is 0 Å². The minimum Gasteiger partial charge on any atom is -0.287 e. The normalized spacial score (nSPS) is 29.3. The van der Waals surface area contributed by atoms with Crippen LogP contribution in [0.15, 0.2) is 9.98 Å². The van der Waals surface area contributed by atoms with Crippen LogP contribution in [0.25, 0.3) is 0 Å². The lowest BCUT2D eigenvalue weighted by atomic mass is 9.85. The molecular formula is C11H14N4. The molecule has 0 aromatic carbocycles. The van der Waals surface area contributed by atoms with E-state index in [2.05, 4.69) is 16.1 Å². The minimum atomic E-state index is 0.424. The maximum atomic E-state index is 8.52. The molecule has 2 atom stereocenters. The predicted molar refractivity (Wildman–Crippen MR) is 59.3 cm³/mol. The summed E-state index contributed by atoms with van der Waals surface area (Å²) in [6, 6.07) is 2.17. The molecule has 2 heterocycles. The van der Waals surface area contributed by atoms with Crippen molar-refractivity contribution >= 4 is 17.9 Å². The van der Waals surface area contributed by atoms with Crippen molar-refractivity contribution in [3.8, 4) is 6.07 Å². The van der Waals surface area contributed by atoms with Crippen LogP contribution in [0, 0.1) is 28.6 Å². The highest BCUT2D eigenvalue weighted by atomic mass is 15.0. The summed E-state index contributed by atoms with van der Waals surface area (Å²) in [4.78, 5) is 8.47. The summed E-state index contributed by atoms with van der Waals surface area (Å²) in [5.74, 6) is 2.14. The molecule has 0 saturated heterocycles. The standard InChI is InChI=1S/C11H14N4/c12-5-1-2-8-6-9-3-4-10(13)15-11(9)14-7-8/h7-9,13H,1-4,6H2. The fourth-order valence-corrected chi connectivity index (χ4v) is 2.13. The van der Waals surface area contributed by atoms with E-state index in [0.29, 0.717) is 24.1 Å². The molecule has 0 amide bonds. The number of hydrogen-bond acceptors (Lipinski definition) is 3. The Morgan fingerprint density at radius 3 is 3.27 bits per heavy atom. The molecule has 2 aliphatic heterocycles. The van der Waals surface area contributed by atoms with Crippen molar-refractivity contribution < 1.29 is 0 Å². The SMILES string of the molecule is N#CCCC1C=NC2=NC(=N)CCC2C1. The van der Waals surface area contributed by atoms with Crippen molar-refractivity contribution in [2.45, 2.75) is 32.1 Å². The summed E-state index contributed by atoms with van der Waals surface area (Å²) < 4.78 is 0. The van der Waals surface area contributed by atoms with Crippen molar-refractivity contribution in [3.05, 3.63) is 0 Å². The lowest BCUT2D eigenvalue weighted by Crippen LogP contribution is -2.27. The topological polar surface area (TPSA) is 72.4 Å². The first kappa shape index (κ1) is 10.0. The third-order valence-electron chi connectivity index (χ3n) is 2.98. The van der Waals surface area contributed by atoms with Crippen molar-refractivity contribution in [3.63, 3.8) is 0 Å². The van der Waals surface area contributed by atoms with Gasteiger partial charge in [0, 0.05) is 25.0 Å². The van der Waals surface area contributed by atoms with Crippen LogP contribution in [0.5, 0.6) is 0 Å². The van der Waals surface area contributed by atoms with Crippen LogP contribution in [-0.2, 0) is 0 Å². The fraction of sp³-hybridized carbons (Fsp3) is 0.636. The van der Waals surface area contributed by atoms with E-state index < -0.39 is 0 Å². The number of amidine groups is 2. The number of fused-ring (bicyclic) bond motifs is 1. The molecule has 4 heteroatoms. The van der Waals surface area contributed by atoms with Crippen LogP contribution in [0.1, 0.15) is 32.1 Å². The monoisotopic (exact) mass is 202 g/mol. The number of nitrogens with one attached hydrogen (secondary N) is 1. The zero-order valence-corrected chi connectivity index (χ0v) is 8.61. The van der Waals surface area contributed by atoms with E-state index in [-0.39, 0.29) is 0 Å². The van der Waals surface area contributed by atoms with Crippen molar-refractivity contribution in [2.24, 2.45) is 21.8 Å².